The average molecular weight is 256 g/mol. The van der Waals surface area contributed by atoms with Crippen molar-refractivity contribution in [1.29, 1.82) is 0 Å². The van der Waals surface area contributed by atoms with E-state index in [1.807, 2.05) is 0 Å². The number of ether oxygens (including phenoxy) is 1. The van der Waals surface area contributed by atoms with Crippen LogP contribution >= 0.6 is 0 Å². The van der Waals surface area contributed by atoms with Crippen LogP contribution in [0.15, 0.2) is 0 Å². The zero-order valence-electron chi connectivity index (χ0n) is 13.1. The summed E-state index contributed by atoms with van der Waals surface area (Å²) in [6.45, 7) is 15.6. The Bertz CT molecular complexity index is 248. The molecule has 1 aliphatic rings. The van der Waals surface area contributed by atoms with E-state index in [1.54, 1.807) is 0 Å². The van der Waals surface area contributed by atoms with Crippen LogP contribution in [-0.2, 0) is 14.0 Å². The first-order valence-corrected chi connectivity index (χ1v) is 7.11. The van der Waals surface area contributed by atoms with Gasteiger partial charge in [-0.2, -0.15) is 0 Å². The average Bonchev–Trinajstić information content (AvgIpc) is 2.41. The van der Waals surface area contributed by atoms with Crippen molar-refractivity contribution in [2.45, 2.75) is 78.5 Å². The maximum atomic E-state index is 5.96. The van der Waals surface area contributed by atoms with Crippen molar-refractivity contribution in [3.8, 4) is 0 Å². The molecule has 1 heterocycles. The van der Waals surface area contributed by atoms with E-state index >= 15 is 0 Å². The van der Waals surface area contributed by atoms with Gasteiger partial charge >= 0.3 is 7.12 Å². The maximum absolute atomic E-state index is 5.96. The van der Waals surface area contributed by atoms with Gasteiger partial charge < -0.3 is 14.0 Å². The van der Waals surface area contributed by atoms with Gasteiger partial charge in [0.05, 0.1) is 17.3 Å². The lowest BCUT2D eigenvalue weighted by atomic mass is 9.82. The molecule has 0 aromatic carbocycles. The van der Waals surface area contributed by atoms with Crippen LogP contribution in [0.4, 0.5) is 0 Å². The minimum absolute atomic E-state index is 0.0971. The van der Waals surface area contributed by atoms with Crippen LogP contribution in [0, 0.1) is 5.92 Å². The van der Waals surface area contributed by atoms with Crippen molar-refractivity contribution in [2.24, 2.45) is 5.92 Å². The molecule has 0 bridgehead atoms. The highest BCUT2D eigenvalue weighted by molar-refractivity contribution is 6.45. The topological polar surface area (TPSA) is 27.7 Å². The highest BCUT2D eigenvalue weighted by atomic mass is 16.7. The van der Waals surface area contributed by atoms with E-state index in [4.69, 9.17) is 14.0 Å². The third-order valence-electron chi connectivity index (χ3n) is 3.83. The zero-order chi connectivity index (χ0) is 14.0. The molecule has 1 rings (SSSR count). The fourth-order valence-electron chi connectivity index (χ4n) is 1.89. The van der Waals surface area contributed by atoms with Crippen molar-refractivity contribution in [1.82, 2.24) is 0 Å². The predicted octanol–water partition coefficient (Wildman–Crippen LogP) is 3.53. The third-order valence-corrected chi connectivity index (χ3v) is 3.83. The molecule has 3 nitrogen and oxygen atoms in total. The number of hydrogen-bond donors (Lipinski definition) is 0. The van der Waals surface area contributed by atoms with Crippen LogP contribution in [0.3, 0.4) is 0 Å². The standard InChI is InChI=1S/C14H29BO3/c1-11(2)10-16-12(3)8-9-15-17-13(4,5)14(6,7)18-15/h11-12H,8-10H2,1-7H3. The third kappa shape index (κ3) is 4.25. The molecule has 0 saturated carbocycles. The Labute approximate surface area is 113 Å². The van der Waals surface area contributed by atoms with E-state index in [0.29, 0.717) is 5.92 Å². The second kappa shape index (κ2) is 5.93. The molecule has 1 unspecified atom stereocenters. The van der Waals surface area contributed by atoms with E-state index in [-0.39, 0.29) is 24.4 Å². The van der Waals surface area contributed by atoms with E-state index in [1.165, 1.54) is 0 Å². The fraction of sp³-hybridized carbons (Fsp3) is 1.00. The Balaban J connectivity index is 2.29. The van der Waals surface area contributed by atoms with E-state index in [0.717, 1.165) is 19.3 Å². The molecular weight excluding hydrogens is 227 g/mol. The minimum Gasteiger partial charge on any atom is -0.403 e. The molecule has 1 aliphatic heterocycles. The Morgan fingerprint density at radius 3 is 1.94 bits per heavy atom. The van der Waals surface area contributed by atoms with E-state index in [9.17, 15) is 0 Å². The summed E-state index contributed by atoms with van der Waals surface area (Å²) in [4.78, 5) is 0. The molecule has 18 heavy (non-hydrogen) atoms. The molecule has 0 radical (unpaired) electrons. The van der Waals surface area contributed by atoms with Crippen LogP contribution in [-0.4, -0.2) is 31.0 Å². The second-order valence-corrected chi connectivity index (χ2v) is 6.80. The molecule has 1 fully saturated rings. The zero-order valence-corrected chi connectivity index (χ0v) is 13.1. The van der Waals surface area contributed by atoms with E-state index in [2.05, 4.69) is 48.5 Å². The monoisotopic (exact) mass is 256 g/mol. The summed E-state index contributed by atoms with van der Waals surface area (Å²) in [6.07, 6.45) is 2.14. The summed E-state index contributed by atoms with van der Waals surface area (Å²) in [5, 5.41) is 0. The lowest BCUT2D eigenvalue weighted by Crippen LogP contribution is -2.41. The normalized spacial score (nSPS) is 23.7. The summed E-state index contributed by atoms with van der Waals surface area (Å²) in [6, 6.07) is 0. The van der Waals surface area contributed by atoms with Gasteiger partial charge in [0.25, 0.3) is 0 Å². The van der Waals surface area contributed by atoms with Crippen molar-refractivity contribution >= 4 is 7.12 Å². The van der Waals surface area contributed by atoms with Crippen LogP contribution < -0.4 is 0 Å². The lowest BCUT2D eigenvalue weighted by molar-refractivity contribution is 0.00578. The molecule has 0 N–H and O–H groups in total. The molecule has 0 aliphatic carbocycles. The van der Waals surface area contributed by atoms with Crippen molar-refractivity contribution in [2.75, 3.05) is 6.61 Å². The fourth-order valence-corrected chi connectivity index (χ4v) is 1.89. The molecular formula is C14H29BO3. The van der Waals surface area contributed by atoms with Crippen LogP contribution in [0.2, 0.25) is 6.32 Å². The Morgan fingerprint density at radius 1 is 1.00 bits per heavy atom. The summed E-state index contributed by atoms with van der Waals surface area (Å²) in [7, 11) is -0.0971. The summed E-state index contributed by atoms with van der Waals surface area (Å²) in [5.41, 5.74) is -0.445. The quantitative estimate of drug-likeness (QED) is 0.680. The van der Waals surface area contributed by atoms with Gasteiger partial charge in [0, 0.05) is 6.61 Å². The summed E-state index contributed by atoms with van der Waals surface area (Å²) in [5.74, 6) is 0.587. The van der Waals surface area contributed by atoms with Crippen molar-refractivity contribution < 1.29 is 14.0 Å². The molecule has 0 aromatic rings. The molecule has 1 atom stereocenters. The SMILES string of the molecule is CC(C)COC(C)CCB1OC(C)(C)C(C)(C)O1. The molecule has 0 spiro atoms. The highest BCUT2D eigenvalue weighted by Crippen LogP contribution is 2.38. The summed E-state index contributed by atoms with van der Waals surface area (Å²) < 4.78 is 17.7. The van der Waals surface area contributed by atoms with Gasteiger partial charge in [-0.05, 0) is 53.3 Å². The van der Waals surface area contributed by atoms with E-state index < -0.39 is 0 Å². The first-order valence-electron chi connectivity index (χ1n) is 7.11. The summed E-state index contributed by atoms with van der Waals surface area (Å²) >= 11 is 0. The molecule has 0 aromatic heterocycles. The van der Waals surface area contributed by atoms with Gasteiger partial charge in [-0.1, -0.05) is 13.8 Å². The molecule has 0 amide bonds. The van der Waals surface area contributed by atoms with Crippen molar-refractivity contribution in [3.05, 3.63) is 0 Å². The van der Waals surface area contributed by atoms with Crippen molar-refractivity contribution in [3.63, 3.8) is 0 Å². The molecule has 106 valence electrons. The van der Waals surface area contributed by atoms with Crippen LogP contribution in [0.5, 0.6) is 0 Å². The Kier molecular flexibility index (Phi) is 5.27. The Hall–Kier alpha value is -0.0551. The predicted molar refractivity (Wildman–Crippen MR) is 75.8 cm³/mol. The van der Waals surface area contributed by atoms with Gasteiger partial charge in [0.15, 0.2) is 0 Å². The number of rotatable bonds is 6. The first-order chi connectivity index (χ1) is 8.14. The van der Waals surface area contributed by atoms with Gasteiger partial charge in [-0.3, -0.25) is 0 Å². The Morgan fingerprint density at radius 2 is 1.50 bits per heavy atom. The maximum Gasteiger partial charge on any atom is 0.457 e. The second-order valence-electron chi connectivity index (χ2n) is 6.80. The largest absolute Gasteiger partial charge is 0.457 e. The lowest BCUT2D eigenvalue weighted by Gasteiger charge is -2.32. The number of hydrogen-bond acceptors (Lipinski definition) is 3. The van der Waals surface area contributed by atoms with Gasteiger partial charge in [-0.25, -0.2) is 0 Å². The van der Waals surface area contributed by atoms with Gasteiger partial charge in [0.1, 0.15) is 0 Å². The highest BCUT2D eigenvalue weighted by Gasteiger charge is 2.50. The first kappa shape index (κ1) is 16.0. The molecule has 1 saturated heterocycles. The van der Waals surface area contributed by atoms with Gasteiger partial charge in [0.2, 0.25) is 0 Å². The van der Waals surface area contributed by atoms with Gasteiger partial charge in [-0.15, -0.1) is 0 Å². The molecule has 4 heteroatoms. The minimum atomic E-state index is -0.223. The van der Waals surface area contributed by atoms with Crippen LogP contribution in [0.25, 0.3) is 0 Å². The smallest absolute Gasteiger partial charge is 0.403 e. The van der Waals surface area contributed by atoms with Crippen LogP contribution in [0.1, 0.15) is 54.9 Å².